The molecule has 1 rings (SSSR count). The Labute approximate surface area is 53.6 Å². The van der Waals surface area contributed by atoms with Gasteiger partial charge in [-0.15, -0.1) is 0 Å². The van der Waals surface area contributed by atoms with Crippen LogP contribution in [0.5, 0.6) is 0 Å². The fourth-order valence-electron chi connectivity index (χ4n) is 0.783. The number of alkyl carbamates (subject to hydrolysis) is 1. The molecule has 0 aromatic rings. The van der Waals surface area contributed by atoms with Gasteiger partial charge in [0.2, 0.25) is 0 Å². The third-order valence-corrected chi connectivity index (χ3v) is 1.19. The lowest BCUT2D eigenvalue weighted by Crippen LogP contribution is -2.35. The van der Waals surface area contributed by atoms with E-state index in [1.54, 1.807) is 0 Å². The Morgan fingerprint density at radius 3 is 3.22 bits per heavy atom. The molecule has 1 amide bonds. The predicted octanol–water partition coefficient (Wildman–Crippen LogP) is -0.686. The number of likely N-dealkylation sites (N-methyl/N-ethyl adjacent to an activating group) is 1. The summed E-state index contributed by atoms with van der Waals surface area (Å²) in [5.74, 6) is 0. The molecule has 0 bridgehead atoms. The van der Waals surface area contributed by atoms with Gasteiger partial charge in [0.25, 0.3) is 0 Å². The Balaban J connectivity index is 2.22. The Morgan fingerprint density at radius 2 is 2.78 bits per heavy atom. The lowest BCUT2D eigenvalue weighted by atomic mass is 10.3. The van der Waals surface area contributed by atoms with Crippen LogP contribution in [0.1, 0.15) is 0 Å². The second-order valence-electron chi connectivity index (χ2n) is 2.00. The third kappa shape index (κ3) is 1.57. The molecule has 1 saturated heterocycles. The predicted molar refractivity (Wildman–Crippen MR) is 32.2 cm³/mol. The zero-order chi connectivity index (χ0) is 6.69. The van der Waals surface area contributed by atoms with Gasteiger partial charge in [0.05, 0.1) is 6.04 Å². The first-order valence-electron chi connectivity index (χ1n) is 2.91. The average molecular weight is 130 g/mol. The van der Waals surface area contributed by atoms with E-state index in [0.29, 0.717) is 6.61 Å². The van der Waals surface area contributed by atoms with E-state index in [-0.39, 0.29) is 12.1 Å². The quantitative estimate of drug-likeness (QED) is 0.520. The highest BCUT2D eigenvalue weighted by Gasteiger charge is 2.20. The summed E-state index contributed by atoms with van der Waals surface area (Å²) in [7, 11) is 1.84. The molecule has 1 aliphatic heterocycles. The lowest BCUT2D eigenvalue weighted by molar-refractivity contribution is 0.177. The first-order chi connectivity index (χ1) is 4.33. The molecular formula is C5H10N2O2. The number of hydrogen-bond donors (Lipinski definition) is 2. The van der Waals surface area contributed by atoms with E-state index < -0.39 is 0 Å². The summed E-state index contributed by atoms with van der Waals surface area (Å²) in [6, 6.07) is 0.155. The number of nitrogens with one attached hydrogen (secondary N) is 2. The zero-order valence-electron chi connectivity index (χ0n) is 5.31. The van der Waals surface area contributed by atoms with Gasteiger partial charge in [0.15, 0.2) is 0 Å². The minimum Gasteiger partial charge on any atom is -0.447 e. The molecule has 0 unspecified atom stereocenters. The molecule has 52 valence electrons. The van der Waals surface area contributed by atoms with Crippen LogP contribution in [-0.4, -0.2) is 32.3 Å². The average Bonchev–Trinajstić information content (AvgIpc) is 2.17. The summed E-state index contributed by atoms with van der Waals surface area (Å²) in [4.78, 5) is 10.4. The minimum absolute atomic E-state index is 0.155. The lowest BCUT2D eigenvalue weighted by Gasteiger charge is -2.03. The molecule has 1 aliphatic rings. The molecule has 4 nitrogen and oxygen atoms in total. The number of cyclic esters (lactones) is 1. The van der Waals surface area contributed by atoms with Crippen LogP contribution >= 0.6 is 0 Å². The van der Waals surface area contributed by atoms with Crippen molar-refractivity contribution >= 4 is 6.09 Å². The summed E-state index contributed by atoms with van der Waals surface area (Å²) in [6.07, 6.45) is -0.310. The molecule has 0 aromatic carbocycles. The topological polar surface area (TPSA) is 50.4 Å². The van der Waals surface area contributed by atoms with Gasteiger partial charge in [-0.2, -0.15) is 0 Å². The van der Waals surface area contributed by atoms with Crippen LogP contribution in [0.25, 0.3) is 0 Å². The van der Waals surface area contributed by atoms with Crippen molar-refractivity contribution in [1.82, 2.24) is 10.6 Å². The number of rotatable bonds is 2. The van der Waals surface area contributed by atoms with E-state index in [1.807, 2.05) is 7.05 Å². The van der Waals surface area contributed by atoms with E-state index in [4.69, 9.17) is 0 Å². The van der Waals surface area contributed by atoms with Crippen molar-refractivity contribution in [2.75, 3.05) is 20.2 Å². The van der Waals surface area contributed by atoms with Gasteiger partial charge in [-0.05, 0) is 7.05 Å². The SMILES string of the molecule is CNC[C@@H]1COC(=O)N1. The van der Waals surface area contributed by atoms with Crippen molar-refractivity contribution in [2.45, 2.75) is 6.04 Å². The number of ether oxygens (including phenoxy) is 1. The summed E-state index contributed by atoms with van der Waals surface area (Å²) >= 11 is 0. The smallest absolute Gasteiger partial charge is 0.407 e. The molecule has 9 heavy (non-hydrogen) atoms. The van der Waals surface area contributed by atoms with Crippen molar-refractivity contribution in [3.63, 3.8) is 0 Å². The second kappa shape index (κ2) is 2.68. The van der Waals surface area contributed by atoms with Gasteiger partial charge >= 0.3 is 6.09 Å². The van der Waals surface area contributed by atoms with Crippen molar-refractivity contribution in [3.05, 3.63) is 0 Å². The first kappa shape index (κ1) is 6.35. The standard InChI is InChI=1S/C5H10N2O2/c1-6-2-4-3-9-5(8)7-4/h4,6H,2-3H2,1H3,(H,7,8)/t4-/m1/s1. The van der Waals surface area contributed by atoms with Gasteiger partial charge in [0, 0.05) is 6.54 Å². The Bertz CT molecular complexity index is 116. The third-order valence-electron chi connectivity index (χ3n) is 1.19. The Hall–Kier alpha value is -0.770. The van der Waals surface area contributed by atoms with Gasteiger partial charge in [-0.3, -0.25) is 0 Å². The molecule has 1 fully saturated rings. The van der Waals surface area contributed by atoms with Crippen LogP contribution in [0.3, 0.4) is 0 Å². The van der Waals surface area contributed by atoms with Crippen LogP contribution in [0.4, 0.5) is 4.79 Å². The molecule has 0 spiro atoms. The summed E-state index contributed by atoms with van der Waals surface area (Å²) < 4.78 is 4.63. The summed E-state index contributed by atoms with van der Waals surface area (Å²) in [5, 5.41) is 5.57. The van der Waals surface area contributed by atoms with E-state index >= 15 is 0 Å². The highest BCUT2D eigenvalue weighted by molar-refractivity contribution is 5.69. The van der Waals surface area contributed by atoms with Gasteiger partial charge in [-0.25, -0.2) is 4.79 Å². The molecule has 0 radical (unpaired) electrons. The number of carbonyl (C=O) groups excluding carboxylic acids is 1. The molecular weight excluding hydrogens is 120 g/mol. The minimum atomic E-state index is -0.310. The van der Waals surface area contributed by atoms with Crippen molar-refractivity contribution < 1.29 is 9.53 Å². The normalized spacial score (nSPS) is 25.4. The zero-order valence-corrected chi connectivity index (χ0v) is 5.31. The second-order valence-corrected chi connectivity index (χ2v) is 2.00. The maximum absolute atomic E-state index is 10.4. The number of hydrogen-bond acceptors (Lipinski definition) is 3. The first-order valence-corrected chi connectivity index (χ1v) is 2.91. The highest BCUT2D eigenvalue weighted by Crippen LogP contribution is 1.94. The van der Waals surface area contributed by atoms with E-state index in [2.05, 4.69) is 15.4 Å². The van der Waals surface area contributed by atoms with E-state index in [1.165, 1.54) is 0 Å². The van der Waals surface area contributed by atoms with Crippen LogP contribution < -0.4 is 10.6 Å². The maximum Gasteiger partial charge on any atom is 0.407 e. The van der Waals surface area contributed by atoms with Crippen LogP contribution in [0, 0.1) is 0 Å². The van der Waals surface area contributed by atoms with Crippen molar-refractivity contribution in [3.8, 4) is 0 Å². The molecule has 2 N–H and O–H groups in total. The van der Waals surface area contributed by atoms with Crippen LogP contribution in [0.2, 0.25) is 0 Å². The van der Waals surface area contributed by atoms with Crippen molar-refractivity contribution in [2.24, 2.45) is 0 Å². The monoisotopic (exact) mass is 130 g/mol. The van der Waals surface area contributed by atoms with Crippen LogP contribution in [-0.2, 0) is 4.74 Å². The van der Waals surface area contributed by atoms with Gasteiger partial charge in [-0.1, -0.05) is 0 Å². The maximum atomic E-state index is 10.4. The van der Waals surface area contributed by atoms with E-state index in [9.17, 15) is 4.79 Å². The Morgan fingerprint density at radius 1 is 2.00 bits per heavy atom. The number of amides is 1. The molecule has 4 heteroatoms. The Kier molecular flexibility index (Phi) is 1.89. The fourth-order valence-corrected chi connectivity index (χ4v) is 0.783. The summed E-state index contributed by atoms with van der Waals surface area (Å²) in [6.45, 7) is 1.26. The molecule has 1 atom stereocenters. The largest absolute Gasteiger partial charge is 0.447 e. The summed E-state index contributed by atoms with van der Waals surface area (Å²) in [5.41, 5.74) is 0. The molecule has 1 heterocycles. The molecule has 0 aromatic heterocycles. The molecule has 0 saturated carbocycles. The van der Waals surface area contributed by atoms with E-state index in [0.717, 1.165) is 6.54 Å². The van der Waals surface area contributed by atoms with Crippen LogP contribution in [0.15, 0.2) is 0 Å². The fraction of sp³-hybridized carbons (Fsp3) is 0.800. The molecule has 0 aliphatic carbocycles. The van der Waals surface area contributed by atoms with Gasteiger partial charge < -0.3 is 15.4 Å². The van der Waals surface area contributed by atoms with Crippen molar-refractivity contribution in [1.29, 1.82) is 0 Å². The van der Waals surface area contributed by atoms with Gasteiger partial charge in [0.1, 0.15) is 6.61 Å². The highest BCUT2D eigenvalue weighted by atomic mass is 16.6. The number of carbonyl (C=O) groups is 1.